The molecular formula is C17H24N4O2. The molecule has 0 bridgehead atoms. The minimum atomic E-state index is 0.537. The van der Waals surface area contributed by atoms with Crippen molar-refractivity contribution in [2.45, 2.75) is 33.7 Å². The van der Waals surface area contributed by atoms with Gasteiger partial charge in [0.2, 0.25) is 17.6 Å². The molecule has 0 amide bonds. The smallest absolute Gasteiger partial charge is 0.241 e. The molecule has 3 heterocycles. The first kappa shape index (κ1) is 15.9. The Kier molecular flexibility index (Phi) is 4.91. The van der Waals surface area contributed by atoms with Gasteiger partial charge < -0.3 is 9.26 Å². The fourth-order valence-corrected chi connectivity index (χ4v) is 3.35. The molecule has 1 aliphatic heterocycles. The highest BCUT2D eigenvalue weighted by Crippen LogP contribution is 2.26. The number of pyridine rings is 1. The monoisotopic (exact) mass is 316 g/mol. The Bertz CT molecular complexity index is 633. The Morgan fingerprint density at radius 3 is 2.83 bits per heavy atom. The van der Waals surface area contributed by atoms with Crippen LogP contribution in [0.1, 0.15) is 33.1 Å². The molecular weight excluding hydrogens is 292 g/mol. The Hall–Kier alpha value is -1.95. The third kappa shape index (κ3) is 3.88. The molecule has 3 rings (SSSR count). The Balaban J connectivity index is 1.73. The number of likely N-dealkylation sites (tertiary alicyclic amines) is 1. The molecule has 0 N–H and O–H groups in total. The van der Waals surface area contributed by atoms with Crippen LogP contribution in [0.3, 0.4) is 0 Å². The van der Waals surface area contributed by atoms with Gasteiger partial charge in [-0.1, -0.05) is 19.0 Å². The molecule has 0 aliphatic carbocycles. The van der Waals surface area contributed by atoms with E-state index in [4.69, 9.17) is 9.26 Å². The number of rotatable bonds is 5. The molecule has 23 heavy (non-hydrogen) atoms. The van der Waals surface area contributed by atoms with Gasteiger partial charge in [0.05, 0.1) is 18.7 Å². The molecule has 0 saturated carbocycles. The molecule has 2 aromatic rings. The summed E-state index contributed by atoms with van der Waals surface area (Å²) in [6, 6.07) is 3.75. The maximum absolute atomic E-state index is 5.54. The molecule has 1 aliphatic rings. The molecule has 1 saturated heterocycles. The lowest BCUT2D eigenvalue weighted by Crippen LogP contribution is -2.38. The minimum absolute atomic E-state index is 0.537. The summed E-state index contributed by atoms with van der Waals surface area (Å²) < 4.78 is 11.0. The van der Waals surface area contributed by atoms with Crippen molar-refractivity contribution in [2.75, 3.05) is 19.7 Å². The standard InChI is InChI=1S/C17H24N4O2/c1-4-22-17-14(6-5-7-18-17)16-19-15(23-20-16)11-21-9-12(2)8-13(3)10-21/h5-7,12-13H,4,8-11H2,1-3H3/t12-,13-/m1/s1. The van der Waals surface area contributed by atoms with E-state index >= 15 is 0 Å². The fourth-order valence-electron chi connectivity index (χ4n) is 3.35. The van der Waals surface area contributed by atoms with Crippen LogP contribution in [0.2, 0.25) is 0 Å². The van der Waals surface area contributed by atoms with Gasteiger partial charge in [-0.2, -0.15) is 4.98 Å². The maximum atomic E-state index is 5.54. The molecule has 0 spiro atoms. The van der Waals surface area contributed by atoms with E-state index in [2.05, 4.69) is 33.9 Å². The van der Waals surface area contributed by atoms with Gasteiger partial charge in [0.15, 0.2) is 0 Å². The van der Waals surface area contributed by atoms with Gasteiger partial charge >= 0.3 is 0 Å². The van der Waals surface area contributed by atoms with Gasteiger partial charge in [-0.25, -0.2) is 4.98 Å². The summed E-state index contributed by atoms with van der Waals surface area (Å²) in [5, 5.41) is 4.10. The van der Waals surface area contributed by atoms with Crippen LogP contribution in [0, 0.1) is 11.8 Å². The van der Waals surface area contributed by atoms with Gasteiger partial charge in [0.1, 0.15) is 0 Å². The maximum Gasteiger partial charge on any atom is 0.241 e. The van der Waals surface area contributed by atoms with E-state index in [1.807, 2.05) is 19.1 Å². The van der Waals surface area contributed by atoms with E-state index in [-0.39, 0.29) is 0 Å². The number of aromatic nitrogens is 3. The van der Waals surface area contributed by atoms with Crippen molar-refractivity contribution in [3.63, 3.8) is 0 Å². The summed E-state index contributed by atoms with van der Waals surface area (Å²) in [6.07, 6.45) is 2.99. The summed E-state index contributed by atoms with van der Waals surface area (Å²) in [4.78, 5) is 11.2. The van der Waals surface area contributed by atoms with E-state index in [1.165, 1.54) is 6.42 Å². The van der Waals surface area contributed by atoms with E-state index in [1.54, 1.807) is 6.20 Å². The quantitative estimate of drug-likeness (QED) is 0.845. The van der Waals surface area contributed by atoms with Crippen LogP contribution in [0.4, 0.5) is 0 Å². The summed E-state index contributed by atoms with van der Waals surface area (Å²) in [6.45, 7) is 9.94. The van der Waals surface area contributed by atoms with Crippen molar-refractivity contribution in [1.82, 2.24) is 20.0 Å². The summed E-state index contributed by atoms with van der Waals surface area (Å²) in [5.41, 5.74) is 0.768. The zero-order chi connectivity index (χ0) is 16.2. The van der Waals surface area contributed by atoms with E-state index in [0.717, 1.165) is 18.7 Å². The second kappa shape index (κ2) is 7.08. The fraction of sp³-hybridized carbons (Fsp3) is 0.588. The van der Waals surface area contributed by atoms with Crippen LogP contribution in [-0.2, 0) is 6.54 Å². The predicted octanol–water partition coefficient (Wildman–Crippen LogP) is 3.01. The first-order valence-electron chi connectivity index (χ1n) is 8.28. The largest absolute Gasteiger partial charge is 0.477 e. The summed E-state index contributed by atoms with van der Waals surface area (Å²) in [5.74, 6) is 3.15. The molecule has 6 nitrogen and oxygen atoms in total. The lowest BCUT2D eigenvalue weighted by atomic mass is 9.92. The van der Waals surface area contributed by atoms with Crippen LogP contribution in [-0.4, -0.2) is 39.7 Å². The third-order valence-corrected chi connectivity index (χ3v) is 4.06. The highest BCUT2D eigenvalue weighted by molar-refractivity contribution is 5.60. The van der Waals surface area contributed by atoms with Crippen molar-refractivity contribution in [3.8, 4) is 17.3 Å². The third-order valence-electron chi connectivity index (χ3n) is 4.06. The zero-order valence-corrected chi connectivity index (χ0v) is 14.0. The molecule has 2 atom stereocenters. The average Bonchev–Trinajstić information content (AvgIpc) is 2.95. The average molecular weight is 316 g/mol. The second-order valence-corrected chi connectivity index (χ2v) is 6.44. The topological polar surface area (TPSA) is 64.3 Å². The van der Waals surface area contributed by atoms with Crippen molar-refractivity contribution in [2.24, 2.45) is 11.8 Å². The number of hydrogen-bond acceptors (Lipinski definition) is 6. The van der Waals surface area contributed by atoms with Gasteiger partial charge in [0.25, 0.3) is 0 Å². The second-order valence-electron chi connectivity index (χ2n) is 6.44. The van der Waals surface area contributed by atoms with E-state index in [0.29, 0.717) is 42.6 Å². The van der Waals surface area contributed by atoms with Gasteiger partial charge in [-0.3, -0.25) is 4.90 Å². The summed E-state index contributed by atoms with van der Waals surface area (Å²) in [7, 11) is 0. The molecule has 124 valence electrons. The SMILES string of the molecule is CCOc1ncccc1-c1noc(CN2C[C@H](C)C[C@@H](C)C2)n1. The van der Waals surface area contributed by atoms with Crippen LogP contribution in [0.5, 0.6) is 5.88 Å². The van der Waals surface area contributed by atoms with Crippen molar-refractivity contribution in [1.29, 1.82) is 0 Å². The first-order chi connectivity index (χ1) is 11.2. The normalized spacial score (nSPS) is 22.2. The molecule has 2 aromatic heterocycles. The minimum Gasteiger partial charge on any atom is -0.477 e. The molecule has 0 aromatic carbocycles. The highest BCUT2D eigenvalue weighted by Gasteiger charge is 2.24. The molecule has 1 fully saturated rings. The van der Waals surface area contributed by atoms with E-state index in [9.17, 15) is 0 Å². The first-order valence-corrected chi connectivity index (χ1v) is 8.28. The molecule has 6 heteroatoms. The number of ether oxygens (including phenoxy) is 1. The molecule has 0 unspecified atom stereocenters. The molecule has 0 radical (unpaired) electrons. The van der Waals surface area contributed by atoms with Crippen LogP contribution < -0.4 is 4.74 Å². The lowest BCUT2D eigenvalue weighted by molar-refractivity contribution is 0.121. The van der Waals surface area contributed by atoms with Crippen molar-refractivity contribution in [3.05, 3.63) is 24.2 Å². The van der Waals surface area contributed by atoms with Gasteiger partial charge in [-0.15, -0.1) is 0 Å². The summed E-state index contributed by atoms with van der Waals surface area (Å²) >= 11 is 0. The number of nitrogens with zero attached hydrogens (tertiary/aromatic N) is 4. The predicted molar refractivity (Wildman–Crippen MR) is 86.9 cm³/mol. The highest BCUT2D eigenvalue weighted by atomic mass is 16.5. The number of hydrogen-bond donors (Lipinski definition) is 0. The van der Waals surface area contributed by atoms with Crippen molar-refractivity contribution < 1.29 is 9.26 Å². The Labute approximate surface area is 136 Å². The van der Waals surface area contributed by atoms with Crippen LogP contribution in [0.15, 0.2) is 22.9 Å². The lowest BCUT2D eigenvalue weighted by Gasteiger charge is -2.33. The van der Waals surface area contributed by atoms with Crippen LogP contribution >= 0.6 is 0 Å². The van der Waals surface area contributed by atoms with Crippen LogP contribution in [0.25, 0.3) is 11.4 Å². The van der Waals surface area contributed by atoms with Crippen molar-refractivity contribution >= 4 is 0 Å². The number of piperidine rings is 1. The Morgan fingerprint density at radius 2 is 2.09 bits per heavy atom. The van der Waals surface area contributed by atoms with E-state index < -0.39 is 0 Å². The zero-order valence-electron chi connectivity index (χ0n) is 14.0. The van der Waals surface area contributed by atoms with Gasteiger partial charge in [-0.05, 0) is 37.3 Å². The van der Waals surface area contributed by atoms with Gasteiger partial charge in [0, 0.05) is 19.3 Å². The Morgan fingerprint density at radius 1 is 1.30 bits per heavy atom.